The van der Waals surface area contributed by atoms with Gasteiger partial charge in [-0.25, -0.2) is 5.48 Å². The Kier molecular flexibility index (Phi) is 3.32. The van der Waals surface area contributed by atoms with Crippen LogP contribution >= 0.6 is 0 Å². The third kappa shape index (κ3) is 1.68. The van der Waals surface area contributed by atoms with Crippen LogP contribution in [0.4, 0.5) is 0 Å². The maximum absolute atomic E-state index is 10.8. The zero-order valence-electron chi connectivity index (χ0n) is 6.35. The van der Waals surface area contributed by atoms with E-state index < -0.39 is 11.4 Å². The fourth-order valence-corrected chi connectivity index (χ4v) is 0.682. The van der Waals surface area contributed by atoms with Crippen LogP contribution < -0.4 is 11.2 Å². The van der Waals surface area contributed by atoms with Gasteiger partial charge in [0.25, 0.3) is 5.91 Å². The standard InChI is InChI=1S/C6H14N2O2/c1-3-6(7,4-2)5(9)8-10/h10H,3-4,7H2,1-2H3,(H,8,9). The van der Waals surface area contributed by atoms with E-state index in [-0.39, 0.29) is 0 Å². The average molecular weight is 146 g/mol. The highest BCUT2D eigenvalue weighted by molar-refractivity contribution is 5.84. The summed E-state index contributed by atoms with van der Waals surface area (Å²) >= 11 is 0. The van der Waals surface area contributed by atoms with E-state index in [0.717, 1.165) is 0 Å². The van der Waals surface area contributed by atoms with Crippen molar-refractivity contribution in [2.75, 3.05) is 0 Å². The van der Waals surface area contributed by atoms with Crippen molar-refractivity contribution >= 4 is 5.91 Å². The summed E-state index contributed by atoms with van der Waals surface area (Å²) in [4.78, 5) is 10.8. The average Bonchev–Trinajstić information content (AvgIpc) is 2.01. The molecule has 1 amide bonds. The fraction of sp³-hybridized carbons (Fsp3) is 0.833. The lowest BCUT2D eigenvalue weighted by Crippen LogP contribution is -2.52. The number of hydroxylamine groups is 1. The number of hydrogen-bond acceptors (Lipinski definition) is 3. The van der Waals surface area contributed by atoms with Crippen molar-refractivity contribution in [2.24, 2.45) is 5.73 Å². The van der Waals surface area contributed by atoms with Gasteiger partial charge in [0.1, 0.15) is 0 Å². The van der Waals surface area contributed by atoms with Crippen molar-refractivity contribution in [3.8, 4) is 0 Å². The van der Waals surface area contributed by atoms with Crippen LogP contribution in [0.15, 0.2) is 0 Å². The Morgan fingerprint density at radius 1 is 1.60 bits per heavy atom. The van der Waals surface area contributed by atoms with Gasteiger partial charge in [0.05, 0.1) is 5.54 Å². The summed E-state index contributed by atoms with van der Waals surface area (Å²) in [7, 11) is 0. The summed E-state index contributed by atoms with van der Waals surface area (Å²) in [6.45, 7) is 3.61. The Labute approximate surface area is 60.4 Å². The molecule has 0 spiro atoms. The summed E-state index contributed by atoms with van der Waals surface area (Å²) in [5, 5.41) is 8.25. The molecule has 4 heteroatoms. The Balaban J connectivity index is 4.17. The minimum Gasteiger partial charge on any atom is -0.317 e. The molecule has 4 nitrogen and oxygen atoms in total. The van der Waals surface area contributed by atoms with Gasteiger partial charge in [0.15, 0.2) is 0 Å². The maximum Gasteiger partial charge on any atom is 0.263 e. The highest BCUT2D eigenvalue weighted by atomic mass is 16.5. The van der Waals surface area contributed by atoms with E-state index in [1.165, 1.54) is 0 Å². The maximum atomic E-state index is 10.8. The highest BCUT2D eigenvalue weighted by Gasteiger charge is 2.29. The largest absolute Gasteiger partial charge is 0.317 e. The number of carbonyl (C=O) groups excluding carboxylic acids is 1. The molecular weight excluding hydrogens is 132 g/mol. The van der Waals surface area contributed by atoms with E-state index in [9.17, 15) is 4.79 Å². The van der Waals surface area contributed by atoms with Gasteiger partial charge in [-0.05, 0) is 12.8 Å². The Bertz CT molecular complexity index is 121. The third-order valence-corrected chi connectivity index (χ3v) is 1.82. The molecule has 0 bridgehead atoms. The van der Waals surface area contributed by atoms with Gasteiger partial charge in [0.2, 0.25) is 0 Å². The van der Waals surface area contributed by atoms with Gasteiger partial charge in [0, 0.05) is 0 Å². The second-order valence-electron chi connectivity index (χ2n) is 2.30. The molecule has 60 valence electrons. The first-order valence-electron chi connectivity index (χ1n) is 3.34. The molecule has 0 aliphatic carbocycles. The molecule has 0 radical (unpaired) electrons. The van der Waals surface area contributed by atoms with Crippen LogP contribution in [0.5, 0.6) is 0 Å². The molecule has 0 fully saturated rings. The van der Waals surface area contributed by atoms with E-state index in [2.05, 4.69) is 0 Å². The second kappa shape index (κ2) is 3.53. The van der Waals surface area contributed by atoms with E-state index in [4.69, 9.17) is 10.9 Å². The molecule has 0 saturated carbocycles. The van der Waals surface area contributed by atoms with Crippen molar-refractivity contribution in [3.05, 3.63) is 0 Å². The van der Waals surface area contributed by atoms with Crippen LogP contribution in [0.3, 0.4) is 0 Å². The number of carbonyl (C=O) groups is 1. The molecule has 0 heterocycles. The first-order chi connectivity index (χ1) is 4.60. The quantitative estimate of drug-likeness (QED) is 0.388. The van der Waals surface area contributed by atoms with Crippen molar-refractivity contribution in [3.63, 3.8) is 0 Å². The number of rotatable bonds is 3. The first kappa shape index (κ1) is 9.39. The van der Waals surface area contributed by atoms with Crippen LogP contribution in [0.2, 0.25) is 0 Å². The van der Waals surface area contributed by atoms with Gasteiger partial charge < -0.3 is 5.73 Å². The predicted octanol–water partition coefficient (Wildman–Crippen LogP) is 0.00930. The number of hydrogen-bond donors (Lipinski definition) is 3. The molecular formula is C6H14N2O2. The highest BCUT2D eigenvalue weighted by Crippen LogP contribution is 2.10. The molecule has 0 aromatic rings. The smallest absolute Gasteiger partial charge is 0.263 e. The van der Waals surface area contributed by atoms with Crippen LogP contribution in [-0.4, -0.2) is 16.7 Å². The molecule has 10 heavy (non-hydrogen) atoms. The third-order valence-electron chi connectivity index (χ3n) is 1.82. The molecule has 0 atom stereocenters. The van der Waals surface area contributed by atoms with Crippen molar-refractivity contribution in [1.82, 2.24) is 5.48 Å². The van der Waals surface area contributed by atoms with Gasteiger partial charge in [-0.15, -0.1) is 0 Å². The fourth-order valence-electron chi connectivity index (χ4n) is 0.682. The van der Waals surface area contributed by atoms with E-state index in [1.54, 1.807) is 19.3 Å². The second-order valence-corrected chi connectivity index (χ2v) is 2.30. The van der Waals surface area contributed by atoms with E-state index in [0.29, 0.717) is 12.8 Å². The topological polar surface area (TPSA) is 75.4 Å². The van der Waals surface area contributed by atoms with Gasteiger partial charge in [-0.1, -0.05) is 13.8 Å². The van der Waals surface area contributed by atoms with Crippen LogP contribution in [-0.2, 0) is 4.79 Å². The number of amides is 1. The SMILES string of the molecule is CCC(N)(CC)C(=O)NO. The van der Waals surface area contributed by atoms with Crippen LogP contribution in [0, 0.1) is 0 Å². The van der Waals surface area contributed by atoms with Gasteiger partial charge in [-0.3, -0.25) is 10.0 Å². The van der Waals surface area contributed by atoms with Gasteiger partial charge in [-0.2, -0.15) is 0 Å². The predicted molar refractivity (Wildman–Crippen MR) is 37.4 cm³/mol. The van der Waals surface area contributed by atoms with Crippen molar-refractivity contribution < 1.29 is 10.0 Å². The minimum atomic E-state index is -0.908. The zero-order chi connectivity index (χ0) is 8.20. The zero-order valence-corrected chi connectivity index (χ0v) is 6.35. The van der Waals surface area contributed by atoms with Crippen molar-refractivity contribution in [2.45, 2.75) is 32.2 Å². The first-order valence-corrected chi connectivity index (χ1v) is 3.34. The lowest BCUT2D eigenvalue weighted by molar-refractivity contribution is -0.135. The molecule has 0 unspecified atom stereocenters. The molecule has 0 aliphatic rings. The molecule has 0 rings (SSSR count). The minimum absolute atomic E-state index is 0.516. The van der Waals surface area contributed by atoms with Crippen LogP contribution in [0.1, 0.15) is 26.7 Å². The number of nitrogens with two attached hydrogens (primary N) is 1. The summed E-state index contributed by atoms with van der Waals surface area (Å²) in [6, 6.07) is 0. The van der Waals surface area contributed by atoms with E-state index >= 15 is 0 Å². The lowest BCUT2D eigenvalue weighted by Gasteiger charge is -2.22. The Morgan fingerprint density at radius 3 is 2.10 bits per heavy atom. The summed E-state index contributed by atoms with van der Waals surface area (Å²) < 4.78 is 0. The monoisotopic (exact) mass is 146 g/mol. The van der Waals surface area contributed by atoms with Crippen molar-refractivity contribution in [1.29, 1.82) is 0 Å². The molecule has 4 N–H and O–H groups in total. The summed E-state index contributed by atoms with van der Waals surface area (Å²) in [6.07, 6.45) is 1.05. The van der Waals surface area contributed by atoms with Crippen LogP contribution in [0.25, 0.3) is 0 Å². The Morgan fingerprint density at radius 2 is 2.00 bits per heavy atom. The number of nitrogens with one attached hydrogen (secondary N) is 1. The summed E-state index contributed by atoms with van der Waals surface area (Å²) in [5.74, 6) is -0.516. The normalized spacial score (nSPS) is 11.2. The molecule has 0 aromatic heterocycles. The summed E-state index contributed by atoms with van der Waals surface area (Å²) in [5.41, 5.74) is 6.21. The molecule has 0 aromatic carbocycles. The lowest BCUT2D eigenvalue weighted by atomic mass is 9.94. The van der Waals surface area contributed by atoms with E-state index in [1.807, 2.05) is 0 Å². The van der Waals surface area contributed by atoms with Gasteiger partial charge >= 0.3 is 0 Å². The molecule has 0 saturated heterocycles. The molecule has 0 aliphatic heterocycles. The Hall–Kier alpha value is -0.610.